The summed E-state index contributed by atoms with van der Waals surface area (Å²) in [5, 5.41) is 0. The van der Waals surface area contributed by atoms with Crippen LogP contribution in [0.15, 0.2) is 48.5 Å². The SMILES string of the molecule is CCOC(=O)C1CCN(C(=O)CN(C)C(=O)c2cccc(Oc3cccc(C(F)(F)F)c3)c2)CC1. The van der Waals surface area contributed by atoms with Crippen LogP contribution in [0.25, 0.3) is 0 Å². The van der Waals surface area contributed by atoms with Crippen molar-refractivity contribution >= 4 is 17.8 Å². The van der Waals surface area contributed by atoms with Crippen molar-refractivity contribution in [2.45, 2.75) is 25.9 Å². The van der Waals surface area contributed by atoms with Gasteiger partial charge in [-0.25, -0.2) is 0 Å². The van der Waals surface area contributed by atoms with Crippen molar-refractivity contribution in [3.8, 4) is 11.5 Å². The molecule has 0 unspecified atom stereocenters. The summed E-state index contributed by atoms with van der Waals surface area (Å²) in [7, 11) is 1.49. The first-order valence-electron chi connectivity index (χ1n) is 11.2. The minimum Gasteiger partial charge on any atom is -0.466 e. The van der Waals surface area contributed by atoms with Crippen LogP contribution in [0.4, 0.5) is 13.2 Å². The number of hydrogen-bond donors (Lipinski definition) is 0. The zero-order chi connectivity index (χ0) is 25.6. The van der Waals surface area contributed by atoms with Crippen LogP contribution < -0.4 is 4.74 Å². The van der Waals surface area contributed by atoms with Crippen molar-refractivity contribution in [2.24, 2.45) is 5.92 Å². The summed E-state index contributed by atoms with van der Waals surface area (Å²) in [6, 6.07) is 10.5. The number of alkyl halides is 3. The lowest BCUT2D eigenvalue weighted by molar-refractivity contribution is -0.151. The van der Waals surface area contributed by atoms with E-state index in [9.17, 15) is 27.6 Å². The number of likely N-dealkylation sites (N-methyl/N-ethyl adjacent to an activating group) is 1. The van der Waals surface area contributed by atoms with Crippen molar-refractivity contribution < 1.29 is 37.0 Å². The van der Waals surface area contributed by atoms with Gasteiger partial charge in [0.15, 0.2) is 0 Å². The molecule has 0 atom stereocenters. The Bertz CT molecular complexity index is 1070. The third kappa shape index (κ3) is 6.97. The normalized spacial score (nSPS) is 14.4. The molecule has 0 spiro atoms. The highest BCUT2D eigenvalue weighted by Crippen LogP contribution is 2.33. The number of carbonyl (C=O) groups excluding carboxylic acids is 3. The van der Waals surface area contributed by atoms with E-state index in [1.165, 1.54) is 42.3 Å². The number of esters is 1. The molecule has 1 fully saturated rings. The second-order valence-corrected chi connectivity index (χ2v) is 8.22. The van der Waals surface area contributed by atoms with Crippen LogP contribution in [0.1, 0.15) is 35.7 Å². The standard InChI is InChI=1S/C25H27F3N2O5/c1-3-34-24(33)17-10-12-30(13-11-17)22(31)16-29(2)23(32)18-6-4-8-20(14-18)35-21-9-5-7-19(15-21)25(26,27)28/h4-9,14-15,17H,3,10-13,16H2,1-2H3. The lowest BCUT2D eigenvalue weighted by atomic mass is 9.97. The lowest BCUT2D eigenvalue weighted by Crippen LogP contribution is -2.45. The third-order valence-electron chi connectivity index (χ3n) is 5.66. The molecule has 3 rings (SSSR count). The van der Waals surface area contributed by atoms with Gasteiger partial charge >= 0.3 is 12.1 Å². The highest BCUT2D eigenvalue weighted by atomic mass is 19.4. The zero-order valence-electron chi connectivity index (χ0n) is 19.5. The largest absolute Gasteiger partial charge is 0.466 e. The van der Waals surface area contributed by atoms with Gasteiger partial charge in [0.25, 0.3) is 5.91 Å². The summed E-state index contributed by atoms with van der Waals surface area (Å²) in [6.07, 6.45) is -3.48. The Balaban J connectivity index is 1.58. The molecule has 1 heterocycles. The Morgan fingerprint density at radius 1 is 1.03 bits per heavy atom. The molecule has 0 saturated carbocycles. The molecule has 2 aromatic carbocycles. The number of ether oxygens (including phenoxy) is 2. The number of carbonyl (C=O) groups is 3. The van der Waals surface area contributed by atoms with Gasteiger partial charge < -0.3 is 19.3 Å². The Morgan fingerprint density at radius 3 is 2.29 bits per heavy atom. The second kappa shape index (κ2) is 11.2. The zero-order valence-corrected chi connectivity index (χ0v) is 19.5. The average molecular weight is 492 g/mol. The van der Waals surface area contributed by atoms with E-state index in [0.29, 0.717) is 32.5 Å². The Kier molecular flexibility index (Phi) is 8.37. The Morgan fingerprint density at radius 2 is 1.66 bits per heavy atom. The third-order valence-corrected chi connectivity index (χ3v) is 5.66. The van der Waals surface area contributed by atoms with E-state index in [1.807, 2.05) is 0 Å². The van der Waals surface area contributed by atoms with Gasteiger partial charge in [0, 0.05) is 25.7 Å². The summed E-state index contributed by atoms with van der Waals surface area (Å²) in [5.41, 5.74) is -0.613. The van der Waals surface area contributed by atoms with Gasteiger partial charge in [0.05, 0.1) is 24.6 Å². The number of nitrogens with zero attached hydrogens (tertiary/aromatic N) is 2. The molecular weight excluding hydrogens is 465 g/mol. The van der Waals surface area contributed by atoms with Crippen LogP contribution in [0.3, 0.4) is 0 Å². The molecule has 7 nitrogen and oxygen atoms in total. The Labute approximate surface area is 201 Å². The first kappa shape index (κ1) is 26.1. The molecule has 10 heteroatoms. The maximum absolute atomic E-state index is 12.9. The molecule has 0 aliphatic carbocycles. The fraction of sp³-hybridized carbons (Fsp3) is 0.400. The average Bonchev–Trinajstić information content (AvgIpc) is 2.83. The number of rotatable bonds is 7. The maximum Gasteiger partial charge on any atom is 0.416 e. The van der Waals surface area contributed by atoms with Crippen LogP contribution >= 0.6 is 0 Å². The monoisotopic (exact) mass is 492 g/mol. The molecule has 0 bridgehead atoms. The number of benzene rings is 2. The molecular formula is C25H27F3N2O5. The molecule has 1 saturated heterocycles. The van der Waals surface area contributed by atoms with E-state index < -0.39 is 17.6 Å². The van der Waals surface area contributed by atoms with Gasteiger partial charge in [0.2, 0.25) is 5.91 Å². The highest BCUT2D eigenvalue weighted by Gasteiger charge is 2.31. The van der Waals surface area contributed by atoms with Crippen LogP contribution in [0, 0.1) is 5.92 Å². The van der Waals surface area contributed by atoms with Crippen LogP contribution in [0.5, 0.6) is 11.5 Å². The molecule has 35 heavy (non-hydrogen) atoms. The molecule has 0 N–H and O–H groups in total. The van der Waals surface area contributed by atoms with E-state index >= 15 is 0 Å². The van der Waals surface area contributed by atoms with Gasteiger partial charge in [-0.2, -0.15) is 13.2 Å². The predicted molar refractivity (Wildman–Crippen MR) is 121 cm³/mol. The molecule has 2 amide bonds. The van der Waals surface area contributed by atoms with Gasteiger partial charge in [0.1, 0.15) is 11.5 Å². The first-order valence-corrected chi connectivity index (χ1v) is 11.2. The van der Waals surface area contributed by atoms with Gasteiger partial charge in [-0.15, -0.1) is 0 Å². The first-order chi connectivity index (χ1) is 16.6. The second-order valence-electron chi connectivity index (χ2n) is 8.22. The summed E-state index contributed by atoms with van der Waals surface area (Å²) in [4.78, 5) is 40.3. The molecule has 0 radical (unpaired) electrons. The van der Waals surface area contributed by atoms with Crippen LogP contribution in [-0.2, 0) is 20.5 Å². The number of hydrogen-bond acceptors (Lipinski definition) is 5. The van der Waals surface area contributed by atoms with E-state index in [0.717, 1.165) is 12.1 Å². The fourth-order valence-electron chi connectivity index (χ4n) is 3.78. The molecule has 0 aromatic heterocycles. The summed E-state index contributed by atoms with van der Waals surface area (Å²) in [5.74, 6) is -0.971. The minimum absolute atomic E-state index is 0.0147. The Hall–Kier alpha value is -3.56. The topological polar surface area (TPSA) is 76.2 Å². The summed E-state index contributed by atoms with van der Waals surface area (Å²) in [6.45, 7) is 2.73. The molecule has 1 aliphatic rings. The molecule has 1 aliphatic heterocycles. The van der Waals surface area contributed by atoms with E-state index in [-0.39, 0.29) is 41.4 Å². The van der Waals surface area contributed by atoms with E-state index in [1.54, 1.807) is 17.9 Å². The van der Waals surface area contributed by atoms with Gasteiger partial charge in [-0.3, -0.25) is 14.4 Å². The molecule has 2 aromatic rings. The van der Waals surface area contributed by atoms with Crippen LogP contribution in [0.2, 0.25) is 0 Å². The quantitative estimate of drug-likeness (QED) is 0.537. The van der Waals surface area contributed by atoms with Crippen molar-refractivity contribution in [3.63, 3.8) is 0 Å². The van der Waals surface area contributed by atoms with Crippen molar-refractivity contribution in [1.82, 2.24) is 9.80 Å². The summed E-state index contributed by atoms with van der Waals surface area (Å²) >= 11 is 0. The van der Waals surface area contributed by atoms with Crippen molar-refractivity contribution in [1.29, 1.82) is 0 Å². The van der Waals surface area contributed by atoms with Crippen molar-refractivity contribution in [3.05, 3.63) is 59.7 Å². The predicted octanol–water partition coefficient (Wildman–Crippen LogP) is 4.37. The smallest absolute Gasteiger partial charge is 0.416 e. The fourth-order valence-corrected chi connectivity index (χ4v) is 3.78. The minimum atomic E-state index is -4.50. The number of piperidine rings is 1. The lowest BCUT2D eigenvalue weighted by Gasteiger charge is -2.32. The highest BCUT2D eigenvalue weighted by molar-refractivity contribution is 5.96. The van der Waals surface area contributed by atoms with Crippen molar-refractivity contribution in [2.75, 3.05) is 33.3 Å². The number of likely N-dealkylation sites (tertiary alicyclic amines) is 1. The van der Waals surface area contributed by atoms with Gasteiger partial charge in [-0.1, -0.05) is 12.1 Å². The maximum atomic E-state index is 12.9. The number of halogens is 3. The van der Waals surface area contributed by atoms with Crippen LogP contribution in [-0.4, -0.2) is 60.9 Å². The van der Waals surface area contributed by atoms with E-state index in [4.69, 9.17) is 9.47 Å². The van der Waals surface area contributed by atoms with E-state index in [2.05, 4.69) is 0 Å². The molecule has 188 valence electrons. The summed E-state index contributed by atoms with van der Waals surface area (Å²) < 4.78 is 49.4. The number of amides is 2. The van der Waals surface area contributed by atoms with Gasteiger partial charge in [-0.05, 0) is 56.2 Å².